The number of aliphatic hydroxyl groups excluding tert-OH is 1. The molecule has 1 fully saturated rings. The van der Waals surface area contributed by atoms with Crippen LogP contribution in [-0.2, 0) is 0 Å². The lowest BCUT2D eigenvalue weighted by Crippen LogP contribution is -2.36. The average molecular weight is 314 g/mol. The molecule has 5 heteroatoms. The van der Waals surface area contributed by atoms with Gasteiger partial charge in [0.25, 0.3) is 5.91 Å². The van der Waals surface area contributed by atoms with Gasteiger partial charge >= 0.3 is 0 Å². The second-order valence-electron chi connectivity index (χ2n) is 5.94. The minimum atomic E-state index is -0.835. The van der Waals surface area contributed by atoms with Crippen molar-refractivity contribution in [3.8, 4) is 0 Å². The van der Waals surface area contributed by atoms with Crippen LogP contribution in [0.1, 0.15) is 40.6 Å². The predicted octanol–water partition coefficient (Wildman–Crippen LogP) is 2.87. The Labute approximate surface area is 134 Å². The molecule has 1 N–H and O–H groups in total. The molecule has 1 saturated carbocycles. The van der Waals surface area contributed by atoms with Crippen LogP contribution in [0.3, 0.4) is 0 Å². The van der Waals surface area contributed by atoms with E-state index in [1.807, 2.05) is 6.92 Å². The van der Waals surface area contributed by atoms with Crippen molar-refractivity contribution in [3.05, 3.63) is 65.2 Å². The van der Waals surface area contributed by atoms with E-state index in [0.29, 0.717) is 11.1 Å². The summed E-state index contributed by atoms with van der Waals surface area (Å²) >= 11 is 0. The summed E-state index contributed by atoms with van der Waals surface area (Å²) in [6.07, 6.45) is 2.62. The molecule has 0 spiro atoms. The molecule has 2 aromatic rings. The number of benzene rings is 1. The quantitative estimate of drug-likeness (QED) is 0.923. The molecular weight excluding hydrogens is 295 g/mol. The third kappa shape index (κ3) is 3.74. The number of aryl methyl sites for hydroxylation is 1. The van der Waals surface area contributed by atoms with Crippen molar-refractivity contribution in [1.29, 1.82) is 0 Å². The van der Waals surface area contributed by atoms with Crippen LogP contribution in [0.25, 0.3) is 0 Å². The van der Waals surface area contributed by atoms with Crippen LogP contribution in [0.4, 0.5) is 4.39 Å². The van der Waals surface area contributed by atoms with Gasteiger partial charge in [-0.15, -0.1) is 0 Å². The average Bonchev–Trinajstić information content (AvgIpc) is 3.38. The highest BCUT2D eigenvalue weighted by molar-refractivity contribution is 5.94. The van der Waals surface area contributed by atoms with Gasteiger partial charge in [-0.1, -0.05) is 12.1 Å². The smallest absolute Gasteiger partial charge is 0.255 e. The topological polar surface area (TPSA) is 53.4 Å². The SMILES string of the molecule is Cc1ccc(C(=O)N(CC(O)c2ccc(F)cc2)C2CC2)cn1. The van der Waals surface area contributed by atoms with Crippen molar-refractivity contribution in [2.45, 2.75) is 31.9 Å². The van der Waals surface area contributed by atoms with Gasteiger partial charge in [0.1, 0.15) is 5.82 Å². The molecule has 1 amide bonds. The van der Waals surface area contributed by atoms with Crippen LogP contribution in [0.15, 0.2) is 42.6 Å². The van der Waals surface area contributed by atoms with E-state index in [2.05, 4.69) is 4.98 Å². The third-order valence-corrected chi connectivity index (χ3v) is 4.03. The molecule has 1 aliphatic rings. The molecule has 1 aliphatic carbocycles. The Bertz CT molecular complexity index is 681. The molecule has 3 rings (SSSR count). The number of carbonyl (C=O) groups excluding carboxylic acids is 1. The van der Waals surface area contributed by atoms with E-state index >= 15 is 0 Å². The first-order chi connectivity index (χ1) is 11.0. The Morgan fingerprint density at radius 1 is 1.30 bits per heavy atom. The lowest BCUT2D eigenvalue weighted by molar-refractivity contribution is 0.0602. The standard InChI is InChI=1S/C18H19FN2O2/c1-12-2-3-14(10-20-12)18(23)21(16-8-9-16)11-17(22)13-4-6-15(19)7-5-13/h2-7,10,16-17,22H,8-9,11H2,1H3. The number of nitrogens with zero attached hydrogens (tertiary/aromatic N) is 2. The number of hydrogen-bond acceptors (Lipinski definition) is 3. The van der Waals surface area contributed by atoms with Crippen molar-refractivity contribution in [2.24, 2.45) is 0 Å². The monoisotopic (exact) mass is 314 g/mol. The van der Waals surface area contributed by atoms with Crippen LogP contribution >= 0.6 is 0 Å². The molecule has 0 bridgehead atoms. The molecule has 1 atom stereocenters. The van der Waals surface area contributed by atoms with E-state index in [9.17, 15) is 14.3 Å². The zero-order valence-corrected chi connectivity index (χ0v) is 12.9. The minimum absolute atomic E-state index is 0.124. The van der Waals surface area contributed by atoms with Crippen molar-refractivity contribution in [1.82, 2.24) is 9.88 Å². The Balaban J connectivity index is 1.75. The van der Waals surface area contributed by atoms with Gasteiger partial charge in [0.15, 0.2) is 0 Å². The molecule has 0 saturated heterocycles. The minimum Gasteiger partial charge on any atom is -0.387 e. The zero-order valence-electron chi connectivity index (χ0n) is 12.9. The van der Waals surface area contributed by atoms with Gasteiger partial charge in [0.05, 0.1) is 18.2 Å². The highest BCUT2D eigenvalue weighted by atomic mass is 19.1. The maximum Gasteiger partial charge on any atom is 0.255 e. The molecule has 23 heavy (non-hydrogen) atoms. The Morgan fingerprint density at radius 3 is 2.57 bits per heavy atom. The van der Waals surface area contributed by atoms with Crippen molar-refractivity contribution < 1.29 is 14.3 Å². The number of aromatic nitrogens is 1. The van der Waals surface area contributed by atoms with Crippen molar-refractivity contribution >= 4 is 5.91 Å². The number of pyridine rings is 1. The van der Waals surface area contributed by atoms with Gasteiger partial charge in [-0.05, 0) is 49.6 Å². The second kappa shape index (κ2) is 6.46. The van der Waals surface area contributed by atoms with Crippen LogP contribution in [0, 0.1) is 12.7 Å². The summed E-state index contributed by atoms with van der Waals surface area (Å²) in [4.78, 5) is 18.5. The van der Waals surface area contributed by atoms with Crippen LogP contribution < -0.4 is 0 Å². The van der Waals surface area contributed by atoms with Gasteiger partial charge in [0.2, 0.25) is 0 Å². The molecule has 0 radical (unpaired) electrons. The number of rotatable bonds is 5. The maximum absolute atomic E-state index is 13.0. The molecule has 1 unspecified atom stereocenters. The van der Waals surface area contributed by atoms with Crippen LogP contribution in [-0.4, -0.2) is 33.5 Å². The summed E-state index contributed by atoms with van der Waals surface area (Å²) in [5.74, 6) is -0.469. The van der Waals surface area contributed by atoms with Gasteiger partial charge in [-0.2, -0.15) is 0 Å². The van der Waals surface area contributed by atoms with E-state index in [-0.39, 0.29) is 24.3 Å². The summed E-state index contributed by atoms with van der Waals surface area (Å²) in [6.45, 7) is 2.06. The predicted molar refractivity (Wildman–Crippen MR) is 84.4 cm³/mol. The normalized spacial score (nSPS) is 15.3. The van der Waals surface area contributed by atoms with E-state index in [0.717, 1.165) is 18.5 Å². The molecule has 1 aromatic heterocycles. The largest absolute Gasteiger partial charge is 0.387 e. The van der Waals surface area contributed by atoms with E-state index in [1.165, 1.54) is 12.1 Å². The lowest BCUT2D eigenvalue weighted by Gasteiger charge is -2.25. The van der Waals surface area contributed by atoms with E-state index < -0.39 is 6.10 Å². The Hall–Kier alpha value is -2.27. The molecule has 0 aliphatic heterocycles. The van der Waals surface area contributed by atoms with Crippen LogP contribution in [0.2, 0.25) is 0 Å². The number of amides is 1. The van der Waals surface area contributed by atoms with Gasteiger partial charge in [-0.25, -0.2) is 4.39 Å². The molecular formula is C18H19FN2O2. The zero-order chi connectivity index (χ0) is 16.4. The van der Waals surface area contributed by atoms with E-state index in [1.54, 1.807) is 35.4 Å². The first-order valence-electron chi connectivity index (χ1n) is 7.72. The molecule has 1 heterocycles. The Morgan fingerprint density at radius 2 is 2.00 bits per heavy atom. The summed E-state index contributed by atoms with van der Waals surface area (Å²) < 4.78 is 13.0. The highest BCUT2D eigenvalue weighted by Gasteiger charge is 2.34. The van der Waals surface area contributed by atoms with E-state index in [4.69, 9.17) is 0 Å². The number of carbonyl (C=O) groups is 1. The summed E-state index contributed by atoms with van der Waals surface area (Å²) in [6, 6.07) is 9.43. The molecule has 120 valence electrons. The number of hydrogen-bond donors (Lipinski definition) is 1. The first-order valence-corrected chi connectivity index (χ1v) is 7.72. The summed E-state index contributed by atoms with van der Waals surface area (Å²) in [5, 5.41) is 10.4. The fourth-order valence-corrected chi connectivity index (χ4v) is 2.52. The molecule has 4 nitrogen and oxygen atoms in total. The van der Waals surface area contributed by atoms with Crippen molar-refractivity contribution in [2.75, 3.05) is 6.54 Å². The fourth-order valence-electron chi connectivity index (χ4n) is 2.52. The van der Waals surface area contributed by atoms with Crippen molar-refractivity contribution in [3.63, 3.8) is 0 Å². The summed E-state index contributed by atoms with van der Waals surface area (Å²) in [7, 11) is 0. The molecule has 1 aromatic carbocycles. The first kappa shape index (κ1) is 15.6. The van der Waals surface area contributed by atoms with Gasteiger partial charge < -0.3 is 10.0 Å². The Kier molecular flexibility index (Phi) is 4.39. The maximum atomic E-state index is 13.0. The fraction of sp³-hybridized carbons (Fsp3) is 0.333. The van der Waals surface area contributed by atoms with Gasteiger partial charge in [-0.3, -0.25) is 9.78 Å². The summed E-state index contributed by atoms with van der Waals surface area (Å²) in [5.41, 5.74) is 1.98. The second-order valence-corrected chi connectivity index (χ2v) is 5.94. The van der Waals surface area contributed by atoms with Crippen LogP contribution in [0.5, 0.6) is 0 Å². The lowest BCUT2D eigenvalue weighted by atomic mass is 10.1. The number of aliphatic hydroxyl groups is 1. The third-order valence-electron chi connectivity index (χ3n) is 4.03. The number of halogens is 1. The highest BCUT2D eigenvalue weighted by Crippen LogP contribution is 2.30. The van der Waals surface area contributed by atoms with Gasteiger partial charge in [0, 0.05) is 17.9 Å².